The largest absolute Gasteiger partial charge is 0.297 e. The molecule has 1 heterocycles. The van der Waals surface area contributed by atoms with Gasteiger partial charge in [0, 0.05) is 15.2 Å². The van der Waals surface area contributed by atoms with Crippen molar-refractivity contribution in [3.05, 3.63) is 33.8 Å². The Balaban J connectivity index is 2.75. The van der Waals surface area contributed by atoms with E-state index < -0.39 is 22.0 Å². The van der Waals surface area contributed by atoms with Gasteiger partial charge in [-0.2, -0.15) is 8.42 Å². The van der Waals surface area contributed by atoms with Gasteiger partial charge in [0.25, 0.3) is 10.1 Å². The molecule has 1 aromatic carbocycles. The normalized spacial score (nSPS) is 12.3. The fraction of sp³-hybridized carbons (Fsp3) is 0.250. The molecule has 2 aromatic rings. The molecule has 102 valence electrons. The van der Waals surface area contributed by atoms with Gasteiger partial charge in [-0.25, -0.2) is 4.39 Å². The molecule has 0 N–H and O–H groups in total. The van der Waals surface area contributed by atoms with Crippen LogP contribution in [0, 0.1) is 9.39 Å². The van der Waals surface area contributed by atoms with Crippen molar-refractivity contribution < 1.29 is 17.0 Å². The molecule has 0 amide bonds. The summed E-state index contributed by atoms with van der Waals surface area (Å²) in [5.74, 6) is -0.560. The van der Waals surface area contributed by atoms with Gasteiger partial charge in [0.2, 0.25) is 0 Å². The maximum Gasteiger partial charge on any atom is 0.297 e. The maximum absolute atomic E-state index is 13.6. The van der Waals surface area contributed by atoms with Crippen molar-refractivity contribution in [1.82, 2.24) is 4.98 Å². The van der Waals surface area contributed by atoms with Crippen molar-refractivity contribution in [3.63, 3.8) is 0 Å². The molecule has 0 fully saturated rings. The van der Waals surface area contributed by atoms with Crippen molar-refractivity contribution in [1.29, 1.82) is 0 Å². The number of halogens is 2. The highest BCUT2D eigenvalue weighted by Crippen LogP contribution is 2.27. The first-order valence-electron chi connectivity index (χ1n) is 5.48. The molecule has 0 bridgehead atoms. The van der Waals surface area contributed by atoms with Gasteiger partial charge in [0.15, 0.2) is 0 Å². The quantitative estimate of drug-likeness (QED) is 0.592. The Morgan fingerprint density at radius 1 is 1.37 bits per heavy atom. The minimum absolute atomic E-state index is 0.0221. The fourth-order valence-corrected chi connectivity index (χ4v) is 3.38. The second kappa shape index (κ2) is 5.29. The van der Waals surface area contributed by atoms with Crippen molar-refractivity contribution in [3.8, 4) is 0 Å². The molecule has 0 aliphatic rings. The van der Waals surface area contributed by atoms with Crippen molar-refractivity contribution in [2.75, 3.05) is 0 Å². The Morgan fingerprint density at radius 3 is 2.68 bits per heavy atom. The minimum atomic E-state index is -3.93. The van der Waals surface area contributed by atoms with Gasteiger partial charge >= 0.3 is 0 Å². The number of fused-ring (bicyclic) bond motifs is 1. The third kappa shape index (κ3) is 3.03. The van der Waals surface area contributed by atoms with Crippen molar-refractivity contribution >= 4 is 43.6 Å². The number of pyridine rings is 1. The van der Waals surface area contributed by atoms with Crippen LogP contribution in [0.2, 0.25) is 0 Å². The Kier molecular flexibility index (Phi) is 4.07. The molecule has 7 heteroatoms. The molecule has 0 unspecified atom stereocenters. The molecule has 0 saturated heterocycles. The van der Waals surface area contributed by atoms with Gasteiger partial charge in [0.1, 0.15) is 16.2 Å². The first-order chi connectivity index (χ1) is 8.81. The van der Waals surface area contributed by atoms with Crippen LogP contribution >= 0.6 is 22.6 Å². The monoisotopic (exact) mass is 395 g/mol. The number of aromatic nitrogens is 1. The summed E-state index contributed by atoms with van der Waals surface area (Å²) in [4.78, 5) is 3.87. The Hall–Kier alpha value is -0.800. The molecule has 1 aromatic heterocycles. The molecule has 0 atom stereocenters. The second-order valence-electron chi connectivity index (χ2n) is 4.19. The summed E-state index contributed by atoms with van der Waals surface area (Å²) in [6, 6.07) is 3.86. The van der Waals surface area contributed by atoms with E-state index >= 15 is 0 Å². The molecular weight excluding hydrogens is 384 g/mol. The lowest BCUT2D eigenvalue weighted by Crippen LogP contribution is -2.13. The summed E-state index contributed by atoms with van der Waals surface area (Å²) < 4.78 is 43.5. The molecule has 0 saturated carbocycles. The molecule has 0 aliphatic carbocycles. The van der Waals surface area contributed by atoms with Crippen LogP contribution in [0.15, 0.2) is 29.3 Å². The summed E-state index contributed by atoms with van der Waals surface area (Å²) in [7, 11) is -3.93. The van der Waals surface area contributed by atoms with E-state index in [1.165, 1.54) is 12.3 Å². The summed E-state index contributed by atoms with van der Waals surface area (Å²) >= 11 is 1.99. The lowest BCUT2D eigenvalue weighted by atomic mass is 10.2. The second-order valence-corrected chi connectivity index (χ2v) is 6.98. The highest BCUT2D eigenvalue weighted by Gasteiger charge is 2.22. The summed E-state index contributed by atoms with van der Waals surface area (Å²) in [5.41, 5.74) is 0.0221. The lowest BCUT2D eigenvalue weighted by molar-refractivity contribution is 0.249. The predicted octanol–water partition coefficient (Wildman–Crippen LogP) is 3.09. The van der Waals surface area contributed by atoms with E-state index in [9.17, 15) is 12.8 Å². The first-order valence-corrected chi connectivity index (χ1v) is 7.97. The predicted molar refractivity (Wildman–Crippen MR) is 77.8 cm³/mol. The van der Waals surface area contributed by atoms with Crippen molar-refractivity contribution in [2.45, 2.75) is 24.8 Å². The van der Waals surface area contributed by atoms with E-state index in [0.717, 1.165) is 9.64 Å². The fourth-order valence-electron chi connectivity index (χ4n) is 1.66. The zero-order chi connectivity index (χ0) is 14.2. The van der Waals surface area contributed by atoms with Gasteiger partial charge in [-0.1, -0.05) is 0 Å². The Labute approximate surface area is 124 Å². The lowest BCUT2D eigenvalue weighted by Gasteiger charge is -2.11. The maximum atomic E-state index is 13.6. The number of hydrogen-bond donors (Lipinski definition) is 0. The van der Waals surface area contributed by atoms with Crippen LogP contribution in [0.4, 0.5) is 4.39 Å². The molecule has 19 heavy (non-hydrogen) atoms. The van der Waals surface area contributed by atoms with E-state index in [0.29, 0.717) is 0 Å². The molecule has 2 rings (SSSR count). The molecular formula is C12H11FINO3S. The SMILES string of the molecule is CC(C)OS(=O)(=O)c1ccc(F)c2ncc(I)cc12. The van der Waals surface area contributed by atoms with Crippen LogP contribution in [0.5, 0.6) is 0 Å². The van der Waals surface area contributed by atoms with E-state index in [1.807, 2.05) is 22.6 Å². The van der Waals surface area contributed by atoms with Gasteiger partial charge < -0.3 is 0 Å². The first kappa shape index (κ1) is 14.6. The van der Waals surface area contributed by atoms with E-state index in [1.54, 1.807) is 19.9 Å². The van der Waals surface area contributed by atoms with Crippen LogP contribution < -0.4 is 0 Å². The molecule has 0 aliphatic heterocycles. The smallest absolute Gasteiger partial charge is 0.264 e. The average Bonchev–Trinajstić information content (AvgIpc) is 2.26. The molecule has 0 radical (unpaired) electrons. The molecule has 0 spiro atoms. The Bertz CT molecular complexity index is 731. The summed E-state index contributed by atoms with van der Waals surface area (Å²) in [5, 5.41) is 0.229. The van der Waals surface area contributed by atoms with E-state index in [2.05, 4.69) is 4.98 Å². The number of hydrogen-bond acceptors (Lipinski definition) is 4. The number of rotatable bonds is 3. The minimum Gasteiger partial charge on any atom is -0.264 e. The van der Waals surface area contributed by atoms with Crippen LogP contribution in [0.25, 0.3) is 10.9 Å². The topological polar surface area (TPSA) is 56.3 Å². The van der Waals surface area contributed by atoms with Crippen LogP contribution in [0.1, 0.15) is 13.8 Å². The number of nitrogens with zero attached hydrogens (tertiary/aromatic N) is 1. The molecule has 4 nitrogen and oxygen atoms in total. The average molecular weight is 395 g/mol. The summed E-state index contributed by atoms with van der Waals surface area (Å²) in [6.07, 6.45) is 0.993. The van der Waals surface area contributed by atoms with Crippen LogP contribution in [-0.2, 0) is 14.3 Å². The standard InChI is InChI=1S/C12H11FINO3S/c1-7(2)18-19(16,17)11-4-3-10(13)12-9(11)5-8(14)6-15-12/h3-7H,1-2H3. The summed E-state index contributed by atoms with van der Waals surface area (Å²) in [6.45, 7) is 3.23. The van der Waals surface area contributed by atoms with Gasteiger partial charge in [-0.05, 0) is 54.6 Å². The highest BCUT2D eigenvalue weighted by molar-refractivity contribution is 14.1. The highest BCUT2D eigenvalue weighted by atomic mass is 127. The van der Waals surface area contributed by atoms with Crippen LogP contribution in [0.3, 0.4) is 0 Å². The van der Waals surface area contributed by atoms with Crippen molar-refractivity contribution in [2.24, 2.45) is 0 Å². The van der Waals surface area contributed by atoms with Gasteiger partial charge in [0.05, 0.1) is 6.10 Å². The third-order valence-corrected chi connectivity index (χ3v) is 4.44. The Morgan fingerprint density at radius 2 is 2.05 bits per heavy atom. The number of benzene rings is 1. The van der Waals surface area contributed by atoms with E-state index in [-0.39, 0.29) is 15.8 Å². The third-order valence-electron chi connectivity index (χ3n) is 2.32. The zero-order valence-corrected chi connectivity index (χ0v) is 13.2. The van der Waals surface area contributed by atoms with Gasteiger partial charge in [-0.3, -0.25) is 9.17 Å². The van der Waals surface area contributed by atoms with Gasteiger partial charge in [-0.15, -0.1) is 0 Å². The van der Waals surface area contributed by atoms with Crippen LogP contribution in [-0.4, -0.2) is 19.5 Å². The van der Waals surface area contributed by atoms with E-state index in [4.69, 9.17) is 4.18 Å². The zero-order valence-electron chi connectivity index (χ0n) is 10.2.